The summed E-state index contributed by atoms with van der Waals surface area (Å²) in [4.78, 5) is 15.5. The van der Waals surface area contributed by atoms with Gasteiger partial charge in [-0.25, -0.2) is 0 Å². The third kappa shape index (κ3) is 3.38. The van der Waals surface area contributed by atoms with Gasteiger partial charge in [-0.1, -0.05) is 29.8 Å². The first-order chi connectivity index (χ1) is 11.0. The van der Waals surface area contributed by atoms with Gasteiger partial charge in [-0.3, -0.25) is 4.79 Å². The minimum absolute atomic E-state index is 0.208. The van der Waals surface area contributed by atoms with Crippen LogP contribution in [0.1, 0.15) is 11.1 Å². The maximum atomic E-state index is 12.3. The second-order valence-electron chi connectivity index (χ2n) is 5.62. The van der Waals surface area contributed by atoms with Crippen molar-refractivity contribution in [2.24, 2.45) is 5.73 Å². The number of anilines is 1. The smallest absolute Gasteiger partial charge is 0.241 e. The van der Waals surface area contributed by atoms with E-state index in [-0.39, 0.29) is 5.91 Å². The normalized spacial score (nSPS) is 12.3. The highest BCUT2D eigenvalue weighted by Crippen LogP contribution is 2.21. The van der Waals surface area contributed by atoms with Crippen LogP contribution in [0.5, 0.6) is 0 Å². The van der Waals surface area contributed by atoms with Gasteiger partial charge in [-0.15, -0.1) is 0 Å². The zero-order valence-corrected chi connectivity index (χ0v) is 13.5. The van der Waals surface area contributed by atoms with Gasteiger partial charge in [0.25, 0.3) is 0 Å². The van der Waals surface area contributed by atoms with Gasteiger partial charge in [-0.05, 0) is 48.7 Å². The lowest BCUT2D eigenvalue weighted by Crippen LogP contribution is -2.37. The monoisotopic (exact) mass is 327 g/mol. The highest BCUT2D eigenvalue weighted by molar-refractivity contribution is 6.30. The summed E-state index contributed by atoms with van der Waals surface area (Å²) in [7, 11) is 0. The number of hydrogen-bond acceptors (Lipinski definition) is 2. The Morgan fingerprint density at radius 3 is 2.87 bits per heavy atom. The Bertz CT molecular complexity index is 856. The van der Waals surface area contributed by atoms with E-state index in [0.29, 0.717) is 11.4 Å². The average molecular weight is 328 g/mol. The third-order valence-corrected chi connectivity index (χ3v) is 4.13. The van der Waals surface area contributed by atoms with E-state index in [4.69, 9.17) is 17.3 Å². The minimum atomic E-state index is -0.621. The van der Waals surface area contributed by atoms with Gasteiger partial charge in [0, 0.05) is 27.8 Å². The second kappa shape index (κ2) is 6.44. The number of nitrogens with one attached hydrogen (secondary N) is 2. The van der Waals surface area contributed by atoms with Crippen molar-refractivity contribution in [1.82, 2.24) is 4.98 Å². The van der Waals surface area contributed by atoms with Gasteiger partial charge in [0.2, 0.25) is 5.91 Å². The third-order valence-electron chi connectivity index (χ3n) is 3.90. The molecular weight excluding hydrogens is 310 g/mol. The van der Waals surface area contributed by atoms with Gasteiger partial charge in [0.1, 0.15) is 0 Å². The van der Waals surface area contributed by atoms with E-state index in [1.165, 1.54) is 0 Å². The van der Waals surface area contributed by atoms with Crippen LogP contribution in [0.25, 0.3) is 10.9 Å². The Labute approximate surface area is 139 Å². The number of benzene rings is 2. The highest BCUT2D eigenvalue weighted by atomic mass is 35.5. The number of aryl methyl sites for hydroxylation is 1. The number of carbonyl (C=O) groups excluding carboxylic acids is 1. The molecule has 118 valence electrons. The van der Waals surface area contributed by atoms with Gasteiger partial charge in [-0.2, -0.15) is 0 Å². The largest absolute Gasteiger partial charge is 0.361 e. The first-order valence-electron chi connectivity index (χ1n) is 7.42. The topological polar surface area (TPSA) is 70.9 Å². The van der Waals surface area contributed by atoms with Crippen LogP contribution in [-0.4, -0.2) is 16.9 Å². The molecule has 1 heterocycles. The summed E-state index contributed by atoms with van der Waals surface area (Å²) in [5, 5.41) is 4.60. The molecule has 0 saturated heterocycles. The molecule has 5 heteroatoms. The van der Waals surface area contributed by atoms with Gasteiger partial charge >= 0.3 is 0 Å². The van der Waals surface area contributed by atoms with E-state index >= 15 is 0 Å². The molecule has 0 saturated carbocycles. The first-order valence-corrected chi connectivity index (χ1v) is 7.80. The van der Waals surface area contributed by atoms with Crippen LogP contribution in [0.4, 0.5) is 5.69 Å². The van der Waals surface area contributed by atoms with Crippen molar-refractivity contribution in [1.29, 1.82) is 0 Å². The maximum absolute atomic E-state index is 12.3. The number of rotatable bonds is 4. The number of nitrogens with two attached hydrogens (primary N) is 1. The van der Waals surface area contributed by atoms with Crippen molar-refractivity contribution in [3.63, 3.8) is 0 Å². The van der Waals surface area contributed by atoms with Crippen LogP contribution in [0.3, 0.4) is 0 Å². The molecule has 0 bridgehead atoms. The summed E-state index contributed by atoms with van der Waals surface area (Å²) in [5.74, 6) is -0.208. The van der Waals surface area contributed by atoms with E-state index in [0.717, 1.165) is 27.7 Å². The molecule has 2 aromatic carbocycles. The SMILES string of the molecule is Cc1cc(Cl)ccc1NC(=O)[C@@H](N)Cc1c[nH]c2ccccc12. The Balaban J connectivity index is 1.72. The van der Waals surface area contributed by atoms with E-state index < -0.39 is 6.04 Å². The van der Waals surface area contributed by atoms with Crippen molar-refractivity contribution in [2.75, 3.05) is 5.32 Å². The molecule has 1 aromatic heterocycles. The van der Waals surface area contributed by atoms with Crippen LogP contribution in [-0.2, 0) is 11.2 Å². The van der Waals surface area contributed by atoms with Gasteiger partial charge in [0.05, 0.1) is 6.04 Å². The van der Waals surface area contributed by atoms with Crippen molar-refractivity contribution < 1.29 is 4.79 Å². The quantitative estimate of drug-likeness (QED) is 0.684. The molecule has 4 N–H and O–H groups in total. The van der Waals surface area contributed by atoms with Crippen LogP contribution >= 0.6 is 11.6 Å². The molecule has 1 amide bonds. The van der Waals surface area contributed by atoms with E-state index in [9.17, 15) is 4.79 Å². The van der Waals surface area contributed by atoms with Gasteiger partial charge < -0.3 is 16.0 Å². The number of aromatic amines is 1. The standard InChI is InChI=1S/C18H18ClN3O/c1-11-8-13(19)6-7-16(11)22-18(23)15(20)9-12-10-21-17-5-3-2-4-14(12)17/h2-8,10,15,21H,9,20H2,1H3,(H,22,23)/t15-/m0/s1. The van der Waals surface area contributed by atoms with Gasteiger partial charge in [0.15, 0.2) is 0 Å². The molecule has 1 atom stereocenters. The fourth-order valence-electron chi connectivity index (χ4n) is 2.62. The minimum Gasteiger partial charge on any atom is -0.361 e. The summed E-state index contributed by atoms with van der Waals surface area (Å²) in [6, 6.07) is 12.7. The second-order valence-corrected chi connectivity index (χ2v) is 6.06. The number of hydrogen-bond donors (Lipinski definition) is 3. The molecule has 0 aliphatic rings. The summed E-state index contributed by atoms with van der Waals surface area (Å²) < 4.78 is 0. The molecule has 4 nitrogen and oxygen atoms in total. The van der Waals surface area contributed by atoms with Crippen molar-refractivity contribution in [3.05, 3.63) is 64.8 Å². The molecule has 0 aliphatic carbocycles. The molecule has 0 aliphatic heterocycles. The Morgan fingerprint density at radius 1 is 1.30 bits per heavy atom. The lowest BCUT2D eigenvalue weighted by atomic mass is 10.0. The summed E-state index contributed by atoms with van der Waals surface area (Å²) in [6.45, 7) is 1.90. The predicted octanol–water partition coefficient (Wildman–Crippen LogP) is 3.64. The number of H-pyrrole nitrogens is 1. The average Bonchev–Trinajstić information content (AvgIpc) is 2.93. The maximum Gasteiger partial charge on any atom is 0.241 e. The Kier molecular flexibility index (Phi) is 4.37. The summed E-state index contributed by atoms with van der Waals surface area (Å²) in [5.41, 5.74) is 9.80. The number of amides is 1. The van der Waals surface area contributed by atoms with E-state index in [1.54, 1.807) is 12.1 Å². The summed E-state index contributed by atoms with van der Waals surface area (Å²) in [6.07, 6.45) is 2.38. The highest BCUT2D eigenvalue weighted by Gasteiger charge is 2.17. The molecule has 0 fully saturated rings. The number of aromatic nitrogens is 1. The summed E-state index contributed by atoms with van der Waals surface area (Å²) >= 11 is 5.93. The molecule has 23 heavy (non-hydrogen) atoms. The fourth-order valence-corrected chi connectivity index (χ4v) is 2.85. The Morgan fingerprint density at radius 2 is 2.09 bits per heavy atom. The first kappa shape index (κ1) is 15.6. The molecule has 0 radical (unpaired) electrons. The lowest BCUT2D eigenvalue weighted by Gasteiger charge is -2.13. The van der Waals surface area contributed by atoms with E-state index in [2.05, 4.69) is 10.3 Å². The molecular formula is C18H18ClN3O. The predicted molar refractivity (Wildman–Crippen MR) is 94.8 cm³/mol. The molecule has 0 spiro atoms. The lowest BCUT2D eigenvalue weighted by molar-refractivity contribution is -0.117. The van der Waals surface area contributed by atoms with Crippen LogP contribution in [0, 0.1) is 6.92 Å². The number of para-hydroxylation sites is 1. The number of carbonyl (C=O) groups is 1. The van der Waals surface area contributed by atoms with Crippen LogP contribution < -0.4 is 11.1 Å². The zero-order valence-electron chi connectivity index (χ0n) is 12.8. The van der Waals surface area contributed by atoms with Crippen LogP contribution in [0.15, 0.2) is 48.7 Å². The molecule has 3 rings (SSSR count). The Hall–Kier alpha value is -2.30. The fraction of sp³-hybridized carbons (Fsp3) is 0.167. The van der Waals surface area contributed by atoms with Crippen molar-refractivity contribution >= 4 is 34.1 Å². The van der Waals surface area contributed by atoms with Crippen molar-refractivity contribution in [2.45, 2.75) is 19.4 Å². The zero-order chi connectivity index (χ0) is 16.4. The van der Waals surface area contributed by atoms with Crippen LogP contribution in [0.2, 0.25) is 5.02 Å². The molecule has 0 unspecified atom stereocenters. The number of fused-ring (bicyclic) bond motifs is 1. The number of halogens is 1. The van der Waals surface area contributed by atoms with E-state index in [1.807, 2.05) is 43.5 Å². The molecule has 3 aromatic rings. The van der Waals surface area contributed by atoms with Crippen molar-refractivity contribution in [3.8, 4) is 0 Å².